The minimum atomic E-state index is -0.248. The number of carbonyl (C=O) groups excluding carboxylic acids is 1. The number of halogens is 1. The zero-order valence-corrected chi connectivity index (χ0v) is 16.2. The molecule has 1 fully saturated rings. The van der Waals surface area contributed by atoms with Gasteiger partial charge in [-0.25, -0.2) is 4.98 Å². The minimum absolute atomic E-state index is 0.248. The molecule has 0 unspecified atom stereocenters. The number of aryl methyl sites for hydroxylation is 1. The van der Waals surface area contributed by atoms with Crippen LogP contribution in [-0.4, -0.2) is 60.2 Å². The van der Waals surface area contributed by atoms with Gasteiger partial charge in [0.25, 0.3) is 5.91 Å². The molecule has 0 aliphatic carbocycles. The van der Waals surface area contributed by atoms with E-state index in [9.17, 15) is 4.79 Å². The highest BCUT2D eigenvalue weighted by Crippen LogP contribution is 2.25. The van der Waals surface area contributed by atoms with Gasteiger partial charge >= 0.3 is 0 Å². The van der Waals surface area contributed by atoms with E-state index in [1.54, 1.807) is 6.20 Å². The Bertz CT molecular complexity index is 759. The molecule has 0 spiro atoms. The SMILES string of the molecule is Cc1cnc(C(=O)NCc2ccc(OCCCN3CCOCC3)c(Cl)c2)[nH]1. The monoisotopic (exact) mass is 392 g/mol. The third kappa shape index (κ3) is 5.95. The second-order valence-electron chi connectivity index (χ2n) is 6.52. The van der Waals surface area contributed by atoms with Gasteiger partial charge in [0.05, 0.1) is 24.8 Å². The molecule has 0 saturated carbocycles. The summed E-state index contributed by atoms with van der Waals surface area (Å²) < 4.78 is 11.1. The fourth-order valence-electron chi connectivity index (χ4n) is 2.86. The number of imidazole rings is 1. The Kier molecular flexibility index (Phi) is 7.09. The number of carbonyl (C=O) groups is 1. The molecule has 1 aromatic carbocycles. The van der Waals surface area contributed by atoms with Crippen LogP contribution in [0, 0.1) is 6.92 Å². The number of H-pyrrole nitrogens is 1. The predicted molar refractivity (Wildman–Crippen MR) is 103 cm³/mol. The van der Waals surface area contributed by atoms with Crippen molar-refractivity contribution in [2.45, 2.75) is 19.9 Å². The minimum Gasteiger partial charge on any atom is -0.492 e. The number of aromatic amines is 1. The van der Waals surface area contributed by atoms with Crippen LogP contribution in [-0.2, 0) is 11.3 Å². The zero-order chi connectivity index (χ0) is 19.1. The molecule has 27 heavy (non-hydrogen) atoms. The molecule has 1 amide bonds. The van der Waals surface area contributed by atoms with Crippen molar-refractivity contribution in [3.05, 3.63) is 46.5 Å². The average Bonchev–Trinajstić information content (AvgIpc) is 3.12. The van der Waals surface area contributed by atoms with Gasteiger partial charge in [-0.05, 0) is 31.0 Å². The van der Waals surface area contributed by atoms with E-state index < -0.39 is 0 Å². The lowest BCUT2D eigenvalue weighted by molar-refractivity contribution is 0.0358. The molecule has 3 rings (SSSR count). The summed E-state index contributed by atoms with van der Waals surface area (Å²) in [6, 6.07) is 5.55. The maximum atomic E-state index is 12.0. The zero-order valence-electron chi connectivity index (χ0n) is 15.5. The van der Waals surface area contributed by atoms with Crippen LogP contribution in [0.15, 0.2) is 24.4 Å². The molecule has 1 aromatic heterocycles. The third-order valence-electron chi connectivity index (χ3n) is 4.35. The molecule has 0 bridgehead atoms. The summed E-state index contributed by atoms with van der Waals surface area (Å²) in [6.07, 6.45) is 2.56. The van der Waals surface area contributed by atoms with E-state index in [1.807, 2.05) is 25.1 Å². The van der Waals surface area contributed by atoms with Crippen LogP contribution in [0.2, 0.25) is 5.02 Å². The molecule has 7 nitrogen and oxygen atoms in total. The van der Waals surface area contributed by atoms with E-state index in [2.05, 4.69) is 20.2 Å². The average molecular weight is 393 g/mol. The van der Waals surface area contributed by atoms with Crippen molar-refractivity contribution in [2.75, 3.05) is 39.5 Å². The summed E-state index contributed by atoms with van der Waals surface area (Å²) in [5.74, 6) is 0.719. The topological polar surface area (TPSA) is 79.5 Å². The number of benzene rings is 1. The largest absolute Gasteiger partial charge is 0.492 e. The second kappa shape index (κ2) is 9.73. The van der Waals surface area contributed by atoms with Crippen molar-refractivity contribution < 1.29 is 14.3 Å². The Hall–Kier alpha value is -2.09. The number of morpholine rings is 1. The van der Waals surface area contributed by atoms with Crippen LogP contribution in [0.5, 0.6) is 5.75 Å². The number of hydrogen-bond acceptors (Lipinski definition) is 5. The van der Waals surface area contributed by atoms with Crippen LogP contribution >= 0.6 is 11.6 Å². The van der Waals surface area contributed by atoms with Gasteiger partial charge in [0.1, 0.15) is 5.75 Å². The van der Waals surface area contributed by atoms with Gasteiger partial charge in [0, 0.05) is 38.1 Å². The lowest BCUT2D eigenvalue weighted by Crippen LogP contribution is -2.37. The van der Waals surface area contributed by atoms with E-state index >= 15 is 0 Å². The molecule has 146 valence electrons. The van der Waals surface area contributed by atoms with Crippen LogP contribution in [0.1, 0.15) is 28.3 Å². The van der Waals surface area contributed by atoms with Crippen LogP contribution in [0.4, 0.5) is 0 Å². The van der Waals surface area contributed by atoms with Gasteiger partial charge in [-0.2, -0.15) is 0 Å². The van der Waals surface area contributed by atoms with Crippen LogP contribution in [0.25, 0.3) is 0 Å². The highest BCUT2D eigenvalue weighted by Gasteiger charge is 2.11. The summed E-state index contributed by atoms with van der Waals surface area (Å²) in [7, 11) is 0. The summed E-state index contributed by atoms with van der Waals surface area (Å²) in [6.45, 7) is 7.42. The Morgan fingerprint density at radius 3 is 2.93 bits per heavy atom. The van der Waals surface area contributed by atoms with Gasteiger partial charge < -0.3 is 19.8 Å². The maximum Gasteiger partial charge on any atom is 0.287 e. The number of nitrogens with one attached hydrogen (secondary N) is 2. The summed E-state index contributed by atoms with van der Waals surface area (Å²) in [4.78, 5) is 21.3. The Morgan fingerprint density at radius 2 is 2.22 bits per heavy atom. The molecule has 1 aliphatic heterocycles. The molecule has 0 atom stereocenters. The normalized spacial score (nSPS) is 14.9. The lowest BCUT2D eigenvalue weighted by Gasteiger charge is -2.26. The van der Waals surface area contributed by atoms with Crippen molar-refractivity contribution >= 4 is 17.5 Å². The summed E-state index contributed by atoms with van der Waals surface area (Å²) in [5.41, 5.74) is 1.75. The van der Waals surface area contributed by atoms with Gasteiger partial charge in [0.2, 0.25) is 0 Å². The first-order valence-corrected chi connectivity index (χ1v) is 9.51. The second-order valence-corrected chi connectivity index (χ2v) is 6.93. The number of ether oxygens (including phenoxy) is 2. The molecule has 2 aromatic rings. The predicted octanol–water partition coefficient (Wildman–Crippen LogP) is 2.40. The fourth-order valence-corrected chi connectivity index (χ4v) is 3.12. The van der Waals surface area contributed by atoms with Crippen LogP contribution in [0.3, 0.4) is 0 Å². The molecular formula is C19H25ClN4O3. The van der Waals surface area contributed by atoms with Crippen molar-refractivity contribution in [3.8, 4) is 5.75 Å². The lowest BCUT2D eigenvalue weighted by atomic mass is 10.2. The number of aromatic nitrogens is 2. The molecule has 2 heterocycles. The standard InChI is InChI=1S/C19H25ClN4O3/c1-14-12-21-18(23-14)19(25)22-13-15-3-4-17(16(20)11-15)27-8-2-5-24-6-9-26-10-7-24/h3-4,11-12H,2,5-10,13H2,1H3,(H,21,23)(H,22,25). The smallest absolute Gasteiger partial charge is 0.287 e. The Morgan fingerprint density at radius 1 is 1.41 bits per heavy atom. The van der Waals surface area contributed by atoms with Crippen molar-refractivity contribution in [1.82, 2.24) is 20.2 Å². The number of hydrogen-bond donors (Lipinski definition) is 2. The molecule has 1 saturated heterocycles. The first-order chi connectivity index (χ1) is 13.1. The molecule has 0 radical (unpaired) electrons. The first kappa shape index (κ1) is 19.7. The molecule has 8 heteroatoms. The van der Waals surface area contributed by atoms with E-state index in [0.29, 0.717) is 29.7 Å². The molecule has 2 N–H and O–H groups in total. The fraction of sp³-hybridized carbons (Fsp3) is 0.474. The maximum absolute atomic E-state index is 12.0. The van der Waals surface area contributed by atoms with Crippen molar-refractivity contribution in [3.63, 3.8) is 0 Å². The summed E-state index contributed by atoms with van der Waals surface area (Å²) >= 11 is 6.31. The Balaban J connectivity index is 1.42. The summed E-state index contributed by atoms with van der Waals surface area (Å²) in [5, 5.41) is 3.36. The van der Waals surface area contributed by atoms with Gasteiger partial charge in [-0.1, -0.05) is 17.7 Å². The number of nitrogens with zero attached hydrogens (tertiary/aromatic N) is 2. The van der Waals surface area contributed by atoms with E-state index in [0.717, 1.165) is 50.5 Å². The van der Waals surface area contributed by atoms with E-state index in [4.69, 9.17) is 21.1 Å². The Labute approximate surface area is 164 Å². The molecule has 1 aliphatic rings. The first-order valence-electron chi connectivity index (χ1n) is 9.13. The molecular weight excluding hydrogens is 368 g/mol. The van der Waals surface area contributed by atoms with E-state index in [1.165, 1.54) is 0 Å². The highest BCUT2D eigenvalue weighted by molar-refractivity contribution is 6.32. The van der Waals surface area contributed by atoms with Gasteiger partial charge in [-0.15, -0.1) is 0 Å². The van der Waals surface area contributed by atoms with Crippen molar-refractivity contribution in [1.29, 1.82) is 0 Å². The quantitative estimate of drug-likeness (QED) is 0.674. The number of rotatable bonds is 8. The van der Waals surface area contributed by atoms with E-state index in [-0.39, 0.29) is 5.91 Å². The van der Waals surface area contributed by atoms with Crippen molar-refractivity contribution in [2.24, 2.45) is 0 Å². The number of amides is 1. The third-order valence-corrected chi connectivity index (χ3v) is 4.64. The highest BCUT2D eigenvalue weighted by atomic mass is 35.5. The van der Waals surface area contributed by atoms with Crippen LogP contribution < -0.4 is 10.1 Å². The van der Waals surface area contributed by atoms with Gasteiger partial charge in [0.15, 0.2) is 5.82 Å². The van der Waals surface area contributed by atoms with Gasteiger partial charge in [-0.3, -0.25) is 9.69 Å².